The summed E-state index contributed by atoms with van der Waals surface area (Å²) < 4.78 is 5.44. The Morgan fingerprint density at radius 1 is 1.12 bits per heavy atom. The van der Waals surface area contributed by atoms with Crippen LogP contribution in [0.2, 0.25) is 0 Å². The fourth-order valence-electron chi connectivity index (χ4n) is 3.89. The summed E-state index contributed by atoms with van der Waals surface area (Å²) in [5.74, 6) is 0.853. The summed E-state index contributed by atoms with van der Waals surface area (Å²) in [7, 11) is 0. The van der Waals surface area contributed by atoms with Crippen molar-refractivity contribution in [1.29, 1.82) is 0 Å². The van der Waals surface area contributed by atoms with Gasteiger partial charge in [0, 0.05) is 28.8 Å². The summed E-state index contributed by atoms with van der Waals surface area (Å²) >= 11 is 0. The van der Waals surface area contributed by atoms with Crippen LogP contribution in [0, 0.1) is 5.92 Å². The van der Waals surface area contributed by atoms with Crippen LogP contribution in [0.15, 0.2) is 53.3 Å². The average molecular weight is 348 g/mol. The van der Waals surface area contributed by atoms with Crippen LogP contribution in [0.1, 0.15) is 49.4 Å². The summed E-state index contributed by atoms with van der Waals surface area (Å²) in [6.07, 6.45) is 9.30. The van der Waals surface area contributed by atoms with Crippen molar-refractivity contribution in [1.82, 2.24) is 10.3 Å². The smallest absolute Gasteiger partial charge is 0.251 e. The molecule has 1 N–H and O–H groups in total. The number of carbonyl (C=O) groups excluding carboxylic acids is 1. The van der Waals surface area contributed by atoms with Crippen LogP contribution >= 0.6 is 0 Å². The molecule has 4 rings (SSSR count). The van der Waals surface area contributed by atoms with E-state index >= 15 is 0 Å². The minimum Gasteiger partial charge on any atom is -0.464 e. The first kappa shape index (κ1) is 16.8. The molecule has 26 heavy (non-hydrogen) atoms. The third-order valence-corrected chi connectivity index (χ3v) is 5.56. The van der Waals surface area contributed by atoms with Gasteiger partial charge in [0.05, 0.1) is 12.0 Å². The minimum atomic E-state index is 0.0194. The maximum Gasteiger partial charge on any atom is 0.251 e. The fraction of sp³-hybridized carbons (Fsp3) is 0.364. The Hall–Kier alpha value is -2.62. The second-order valence-electron chi connectivity index (χ2n) is 7.17. The van der Waals surface area contributed by atoms with Gasteiger partial charge in [0.25, 0.3) is 5.91 Å². The number of pyridine rings is 1. The van der Waals surface area contributed by atoms with Crippen LogP contribution in [-0.2, 0) is 0 Å². The fourth-order valence-corrected chi connectivity index (χ4v) is 3.89. The van der Waals surface area contributed by atoms with E-state index in [-0.39, 0.29) is 5.91 Å². The van der Waals surface area contributed by atoms with Crippen molar-refractivity contribution in [2.24, 2.45) is 5.92 Å². The summed E-state index contributed by atoms with van der Waals surface area (Å²) in [6, 6.07) is 11.8. The second-order valence-corrected chi connectivity index (χ2v) is 7.17. The highest BCUT2D eigenvalue weighted by atomic mass is 16.3. The highest BCUT2D eigenvalue weighted by Gasteiger charge is 2.21. The molecule has 3 aromatic rings. The number of fused-ring (bicyclic) bond motifs is 1. The topological polar surface area (TPSA) is 55.1 Å². The Morgan fingerprint density at radius 3 is 2.62 bits per heavy atom. The zero-order valence-corrected chi connectivity index (χ0v) is 15.1. The van der Waals surface area contributed by atoms with E-state index in [1.165, 1.54) is 19.3 Å². The molecular formula is C22H24N2O2. The monoisotopic (exact) mass is 348 g/mol. The molecule has 0 aliphatic heterocycles. The number of carbonyl (C=O) groups is 1. The van der Waals surface area contributed by atoms with Crippen LogP contribution < -0.4 is 5.32 Å². The number of nitrogens with zero attached hydrogens (tertiary/aromatic N) is 1. The Balaban J connectivity index is 1.46. The molecule has 0 saturated heterocycles. The molecule has 1 aromatic carbocycles. The number of amides is 1. The predicted octanol–water partition coefficient (Wildman–Crippen LogP) is 5.19. The third kappa shape index (κ3) is 3.36. The van der Waals surface area contributed by atoms with Gasteiger partial charge in [-0.15, -0.1) is 0 Å². The first-order chi connectivity index (χ1) is 12.7. The van der Waals surface area contributed by atoms with Crippen molar-refractivity contribution in [3.05, 3.63) is 54.4 Å². The summed E-state index contributed by atoms with van der Waals surface area (Å²) in [6.45, 7) is 2.25. The molecule has 0 atom stereocenters. The van der Waals surface area contributed by atoms with E-state index in [1.54, 1.807) is 12.5 Å². The molecule has 4 nitrogen and oxygen atoms in total. The van der Waals surface area contributed by atoms with E-state index in [9.17, 15) is 4.79 Å². The van der Waals surface area contributed by atoms with Crippen molar-refractivity contribution in [2.75, 3.05) is 0 Å². The van der Waals surface area contributed by atoms with E-state index < -0.39 is 0 Å². The van der Waals surface area contributed by atoms with E-state index in [1.807, 2.05) is 36.4 Å². The van der Waals surface area contributed by atoms with Gasteiger partial charge in [-0.3, -0.25) is 9.78 Å². The summed E-state index contributed by atoms with van der Waals surface area (Å²) in [5.41, 5.74) is 3.38. The molecule has 1 aliphatic carbocycles. The van der Waals surface area contributed by atoms with Crippen molar-refractivity contribution >= 4 is 16.9 Å². The first-order valence-electron chi connectivity index (χ1n) is 9.48. The second kappa shape index (κ2) is 7.32. The number of hydrogen-bond donors (Lipinski definition) is 1. The lowest BCUT2D eigenvalue weighted by Crippen LogP contribution is -2.37. The number of nitrogens with one attached hydrogen (secondary N) is 1. The van der Waals surface area contributed by atoms with Gasteiger partial charge in [-0.05, 0) is 55.9 Å². The number of furan rings is 1. The summed E-state index contributed by atoms with van der Waals surface area (Å²) in [5, 5.41) is 4.18. The molecule has 1 fully saturated rings. The van der Waals surface area contributed by atoms with Crippen LogP contribution in [0.5, 0.6) is 0 Å². The van der Waals surface area contributed by atoms with Gasteiger partial charge in [0.2, 0.25) is 0 Å². The Bertz CT molecular complexity index is 890. The highest BCUT2D eigenvalue weighted by molar-refractivity contribution is 5.96. The Labute approximate surface area is 153 Å². The maximum atomic E-state index is 12.5. The van der Waals surface area contributed by atoms with Crippen molar-refractivity contribution in [3.63, 3.8) is 0 Å². The van der Waals surface area contributed by atoms with Gasteiger partial charge in [-0.1, -0.05) is 25.5 Å². The largest absolute Gasteiger partial charge is 0.464 e. The van der Waals surface area contributed by atoms with Gasteiger partial charge in [-0.25, -0.2) is 0 Å². The molecule has 2 heterocycles. The quantitative estimate of drug-likeness (QED) is 0.705. The number of aromatic nitrogens is 1. The molecule has 0 spiro atoms. The molecule has 0 unspecified atom stereocenters. The number of benzene rings is 1. The summed E-state index contributed by atoms with van der Waals surface area (Å²) in [4.78, 5) is 17.0. The van der Waals surface area contributed by atoms with Crippen LogP contribution in [0.25, 0.3) is 22.2 Å². The Kier molecular flexibility index (Phi) is 4.74. The normalized spacial score (nSPS) is 20.2. The first-order valence-corrected chi connectivity index (χ1v) is 9.48. The molecule has 1 saturated carbocycles. The molecule has 0 bridgehead atoms. The lowest BCUT2D eigenvalue weighted by atomic mass is 9.84. The zero-order chi connectivity index (χ0) is 17.9. The van der Waals surface area contributed by atoms with Gasteiger partial charge < -0.3 is 9.73 Å². The lowest BCUT2D eigenvalue weighted by Gasteiger charge is -2.28. The van der Waals surface area contributed by atoms with Crippen molar-refractivity contribution in [2.45, 2.75) is 45.1 Å². The van der Waals surface area contributed by atoms with Gasteiger partial charge >= 0.3 is 0 Å². The van der Waals surface area contributed by atoms with Crippen LogP contribution in [0.4, 0.5) is 0 Å². The Morgan fingerprint density at radius 2 is 1.88 bits per heavy atom. The van der Waals surface area contributed by atoms with Gasteiger partial charge in [-0.2, -0.15) is 0 Å². The molecule has 1 aliphatic rings. The molecular weight excluding hydrogens is 324 g/mol. The molecule has 134 valence electrons. The van der Waals surface area contributed by atoms with Gasteiger partial charge in [0.1, 0.15) is 5.58 Å². The van der Waals surface area contributed by atoms with Crippen LogP contribution in [-0.4, -0.2) is 16.9 Å². The number of hydrogen-bond acceptors (Lipinski definition) is 3. The van der Waals surface area contributed by atoms with E-state index in [4.69, 9.17) is 4.42 Å². The highest BCUT2D eigenvalue weighted by Crippen LogP contribution is 2.28. The standard InChI is InChI=1S/C22H24N2O2/c1-2-15-3-9-18(10-4-15)24-22(25)17-7-5-16(6-8-17)21-19-12-14-26-20(19)11-13-23-21/h5-8,11-15,18H,2-4,9-10H2,1H3,(H,24,25)/t15-,18+. The van der Waals surface area contributed by atoms with Gasteiger partial charge in [0.15, 0.2) is 0 Å². The SMILES string of the molecule is CC[C@H]1CC[C@@H](NC(=O)c2ccc(-c3nccc4occc34)cc2)CC1. The molecule has 2 aromatic heterocycles. The number of rotatable bonds is 4. The minimum absolute atomic E-state index is 0.0194. The van der Waals surface area contributed by atoms with Crippen LogP contribution in [0.3, 0.4) is 0 Å². The lowest BCUT2D eigenvalue weighted by molar-refractivity contribution is 0.0921. The third-order valence-electron chi connectivity index (χ3n) is 5.56. The van der Waals surface area contributed by atoms with E-state index in [0.29, 0.717) is 11.6 Å². The van der Waals surface area contributed by atoms with E-state index in [0.717, 1.165) is 41.0 Å². The molecule has 1 amide bonds. The van der Waals surface area contributed by atoms with Crippen molar-refractivity contribution in [3.8, 4) is 11.3 Å². The van der Waals surface area contributed by atoms with E-state index in [2.05, 4.69) is 17.2 Å². The molecule has 4 heteroatoms. The predicted molar refractivity (Wildman–Crippen MR) is 103 cm³/mol. The zero-order valence-electron chi connectivity index (χ0n) is 15.1. The maximum absolute atomic E-state index is 12.5. The van der Waals surface area contributed by atoms with Crippen molar-refractivity contribution < 1.29 is 9.21 Å². The molecule has 0 radical (unpaired) electrons. The average Bonchev–Trinajstić information content (AvgIpc) is 3.17.